The lowest BCUT2D eigenvalue weighted by molar-refractivity contribution is -0.205. The van der Waals surface area contributed by atoms with Crippen molar-refractivity contribution in [1.29, 1.82) is 0 Å². The molecule has 3 nitrogen and oxygen atoms in total. The van der Waals surface area contributed by atoms with Gasteiger partial charge in [0.15, 0.2) is 6.29 Å². The van der Waals surface area contributed by atoms with Crippen LogP contribution in [0.3, 0.4) is 0 Å². The van der Waals surface area contributed by atoms with Gasteiger partial charge in [-0.3, -0.25) is 0 Å². The Morgan fingerprint density at radius 1 is 0.781 bits per heavy atom. The van der Waals surface area contributed by atoms with E-state index in [4.69, 9.17) is 4.74 Å². The molecule has 5 aliphatic rings. The maximum Gasteiger partial charge on any atom is 0.155 e. The Morgan fingerprint density at radius 2 is 1.50 bits per heavy atom. The van der Waals surface area contributed by atoms with Crippen LogP contribution in [0.2, 0.25) is 0 Å². The van der Waals surface area contributed by atoms with E-state index >= 15 is 0 Å². The number of hydrogen-bond donors (Lipinski definition) is 2. The molecule has 0 aromatic carbocycles. The lowest BCUT2D eigenvalue weighted by Crippen LogP contribution is -2.54. The van der Waals surface area contributed by atoms with Crippen molar-refractivity contribution in [2.75, 3.05) is 0 Å². The van der Waals surface area contributed by atoms with Crippen LogP contribution in [0.4, 0.5) is 0 Å². The zero-order chi connectivity index (χ0) is 22.8. The summed E-state index contributed by atoms with van der Waals surface area (Å²) in [7, 11) is 0. The second-order valence-electron chi connectivity index (χ2n) is 13.8. The summed E-state index contributed by atoms with van der Waals surface area (Å²) in [4.78, 5) is 0. The Hall–Kier alpha value is -0.120. The van der Waals surface area contributed by atoms with Crippen LogP contribution in [-0.4, -0.2) is 28.7 Å². The third kappa shape index (κ3) is 3.72. The first-order chi connectivity index (χ1) is 15.1. The third-order valence-electron chi connectivity index (χ3n) is 12.2. The van der Waals surface area contributed by atoms with Crippen molar-refractivity contribution in [2.24, 2.45) is 58.2 Å². The largest absolute Gasteiger partial charge is 0.393 e. The highest BCUT2D eigenvalue weighted by molar-refractivity contribution is 5.10. The van der Waals surface area contributed by atoms with Crippen molar-refractivity contribution in [1.82, 2.24) is 0 Å². The zero-order valence-corrected chi connectivity index (χ0v) is 21.4. The number of fused-ring (bicyclic) bond motifs is 5. The fraction of sp³-hybridized carbons (Fsp3) is 1.00. The van der Waals surface area contributed by atoms with Crippen molar-refractivity contribution < 1.29 is 14.9 Å². The molecule has 0 bridgehead atoms. The van der Waals surface area contributed by atoms with E-state index in [0.29, 0.717) is 28.6 Å². The van der Waals surface area contributed by atoms with Crippen molar-refractivity contribution in [3.63, 3.8) is 0 Å². The van der Waals surface area contributed by atoms with E-state index in [0.717, 1.165) is 55.3 Å². The minimum atomic E-state index is -0.568. The minimum Gasteiger partial charge on any atom is -0.393 e. The molecule has 1 aliphatic heterocycles. The second-order valence-corrected chi connectivity index (χ2v) is 13.8. The molecule has 2 N–H and O–H groups in total. The molecular weight excluding hydrogens is 396 g/mol. The molecule has 0 aromatic rings. The van der Waals surface area contributed by atoms with Crippen LogP contribution in [0.1, 0.15) is 105 Å². The van der Waals surface area contributed by atoms with Crippen LogP contribution in [0.5, 0.6) is 0 Å². The van der Waals surface area contributed by atoms with Crippen LogP contribution in [0, 0.1) is 58.2 Å². The maximum absolute atomic E-state index is 10.5. The Kier molecular flexibility index (Phi) is 6.29. The summed E-state index contributed by atoms with van der Waals surface area (Å²) in [5, 5.41) is 20.8. The normalized spacial score (nSPS) is 54.6. The molecule has 3 heteroatoms. The van der Waals surface area contributed by atoms with E-state index < -0.39 is 6.29 Å². The van der Waals surface area contributed by atoms with Crippen molar-refractivity contribution in [2.45, 2.75) is 124 Å². The molecule has 1 heterocycles. The van der Waals surface area contributed by atoms with Gasteiger partial charge in [0.25, 0.3) is 0 Å². The SMILES string of the molecule is CC(C)C1CC(O)OC(C(C)C2CC[C@H]3C4CCC5C[C@@H](O)CC[C@]5(C)C4CC[C@]23C)C1. The summed E-state index contributed by atoms with van der Waals surface area (Å²) in [5.74, 6) is 5.86. The number of hydrogen-bond acceptors (Lipinski definition) is 3. The second kappa shape index (κ2) is 8.52. The van der Waals surface area contributed by atoms with Gasteiger partial charge in [0.2, 0.25) is 0 Å². The molecule has 0 amide bonds. The molecule has 5 fully saturated rings. The number of rotatable bonds is 3. The van der Waals surface area contributed by atoms with Crippen molar-refractivity contribution >= 4 is 0 Å². The van der Waals surface area contributed by atoms with Crippen LogP contribution >= 0.6 is 0 Å². The maximum atomic E-state index is 10.5. The van der Waals surface area contributed by atoms with Crippen molar-refractivity contribution in [3.8, 4) is 0 Å². The lowest BCUT2D eigenvalue weighted by atomic mass is 9.44. The first-order valence-electron chi connectivity index (χ1n) is 14.1. The molecule has 0 spiro atoms. The first-order valence-corrected chi connectivity index (χ1v) is 14.1. The molecule has 5 rings (SSSR count). The van der Waals surface area contributed by atoms with Crippen molar-refractivity contribution in [3.05, 3.63) is 0 Å². The highest BCUT2D eigenvalue weighted by Crippen LogP contribution is 2.68. The molecule has 12 atom stereocenters. The molecule has 1 saturated heterocycles. The smallest absolute Gasteiger partial charge is 0.155 e. The fourth-order valence-electron chi connectivity index (χ4n) is 10.2. The van der Waals surface area contributed by atoms with Crippen LogP contribution in [0.25, 0.3) is 0 Å². The monoisotopic (exact) mass is 446 g/mol. The molecule has 8 unspecified atom stereocenters. The summed E-state index contributed by atoms with van der Waals surface area (Å²) < 4.78 is 6.20. The van der Waals surface area contributed by atoms with Crippen LogP contribution in [0.15, 0.2) is 0 Å². The predicted octanol–water partition coefficient (Wildman–Crippen LogP) is 6.41. The van der Waals surface area contributed by atoms with Gasteiger partial charge in [0.1, 0.15) is 0 Å². The van der Waals surface area contributed by atoms with Gasteiger partial charge in [-0.05, 0) is 122 Å². The predicted molar refractivity (Wildman–Crippen MR) is 129 cm³/mol. The Bertz CT molecular complexity index is 677. The standard InChI is InChI=1S/C29H50O3/c1-17(2)19-14-26(32-27(31)15-19)18(3)23-8-9-24-22-7-6-20-16-21(30)10-12-28(20,4)25(22)11-13-29(23,24)5/h17-27,30-31H,6-16H2,1-5H3/t18?,19?,20?,21-,22?,23?,24-,25?,26?,27?,28-,29+/m0/s1. The van der Waals surface area contributed by atoms with Gasteiger partial charge in [-0.15, -0.1) is 0 Å². The number of ether oxygens (including phenoxy) is 1. The minimum absolute atomic E-state index is 0.0456. The Balaban J connectivity index is 1.33. The molecule has 184 valence electrons. The Morgan fingerprint density at radius 3 is 2.25 bits per heavy atom. The van der Waals surface area contributed by atoms with Gasteiger partial charge >= 0.3 is 0 Å². The van der Waals surface area contributed by atoms with E-state index in [2.05, 4.69) is 34.6 Å². The van der Waals surface area contributed by atoms with E-state index in [1.165, 1.54) is 44.9 Å². The van der Waals surface area contributed by atoms with E-state index in [9.17, 15) is 10.2 Å². The zero-order valence-electron chi connectivity index (χ0n) is 21.4. The summed E-state index contributed by atoms with van der Waals surface area (Å²) >= 11 is 0. The van der Waals surface area contributed by atoms with Gasteiger partial charge in [0, 0.05) is 6.42 Å². The fourth-order valence-corrected chi connectivity index (χ4v) is 10.2. The first kappa shape index (κ1) is 23.6. The van der Waals surface area contributed by atoms with Gasteiger partial charge in [-0.2, -0.15) is 0 Å². The van der Waals surface area contributed by atoms with Crippen LogP contribution in [-0.2, 0) is 4.74 Å². The average Bonchev–Trinajstić information content (AvgIpc) is 3.10. The van der Waals surface area contributed by atoms with Gasteiger partial charge in [-0.25, -0.2) is 0 Å². The Labute approximate surface area is 197 Å². The number of aliphatic hydroxyl groups excluding tert-OH is 2. The molecule has 4 saturated carbocycles. The average molecular weight is 447 g/mol. The molecule has 32 heavy (non-hydrogen) atoms. The summed E-state index contributed by atoms with van der Waals surface area (Å²) in [6, 6.07) is 0. The van der Waals surface area contributed by atoms with Gasteiger partial charge < -0.3 is 14.9 Å². The summed E-state index contributed by atoms with van der Waals surface area (Å²) in [6.45, 7) is 12.3. The molecule has 4 aliphatic carbocycles. The molecule has 0 radical (unpaired) electrons. The topological polar surface area (TPSA) is 49.7 Å². The molecule has 0 aromatic heterocycles. The van der Waals surface area contributed by atoms with Gasteiger partial charge in [-0.1, -0.05) is 34.6 Å². The highest BCUT2D eigenvalue weighted by atomic mass is 16.6. The summed E-state index contributed by atoms with van der Waals surface area (Å²) in [5.41, 5.74) is 0.908. The highest BCUT2D eigenvalue weighted by Gasteiger charge is 2.61. The van der Waals surface area contributed by atoms with E-state index in [-0.39, 0.29) is 12.2 Å². The third-order valence-corrected chi connectivity index (χ3v) is 12.2. The quantitative estimate of drug-likeness (QED) is 0.526. The molecular formula is C29H50O3. The van der Waals surface area contributed by atoms with Gasteiger partial charge in [0.05, 0.1) is 12.2 Å². The van der Waals surface area contributed by atoms with E-state index in [1.54, 1.807) is 0 Å². The van der Waals surface area contributed by atoms with Crippen LogP contribution < -0.4 is 0 Å². The lowest BCUT2D eigenvalue weighted by Gasteiger charge is -2.61. The number of aliphatic hydroxyl groups is 2. The van der Waals surface area contributed by atoms with E-state index in [1.807, 2.05) is 0 Å². The summed E-state index contributed by atoms with van der Waals surface area (Å²) in [6.07, 6.45) is 13.1.